The van der Waals surface area contributed by atoms with Gasteiger partial charge in [0.05, 0.1) is 45.2 Å². The van der Waals surface area contributed by atoms with Gasteiger partial charge in [0.15, 0.2) is 5.60 Å². The minimum atomic E-state index is -2.33. The van der Waals surface area contributed by atoms with E-state index >= 15 is 0 Å². The van der Waals surface area contributed by atoms with Gasteiger partial charge in [0.25, 0.3) is 5.91 Å². The van der Waals surface area contributed by atoms with Crippen LogP contribution >= 0.6 is 11.6 Å². The number of anilines is 2. The van der Waals surface area contributed by atoms with Crippen molar-refractivity contribution in [2.75, 3.05) is 18.6 Å². The summed E-state index contributed by atoms with van der Waals surface area (Å²) in [7, 11) is -0.655. The van der Waals surface area contributed by atoms with Crippen LogP contribution in [0.1, 0.15) is 36.1 Å². The van der Waals surface area contributed by atoms with Crippen LogP contribution in [0.3, 0.4) is 0 Å². The monoisotopic (exact) mass is 692 g/mol. The summed E-state index contributed by atoms with van der Waals surface area (Å²) in [6, 6.07) is 33.7. The first kappa shape index (κ1) is 33.2. The summed E-state index contributed by atoms with van der Waals surface area (Å²) in [5.74, 6) is 0.288. The van der Waals surface area contributed by atoms with Gasteiger partial charge >= 0.3 is 0 Å². The molecule has 0 saturated carbocycles. The third kappa shape index (κ3) is 5.68. The number of methoxy groups -OCH3 is 1. The lowest BCUT2D eigenvalue weighted by Crippen LogP contribution is -2.51. The molecule has 8 nitrogen and oxygen atoms in total. The van der Waals surface area contributed by atoms with Gasteiger partial charge in [0.2, 0.25) is 0 Å². The number of hydrogen-bond donors (Lipinski definition) is 1. The molecule has 252 valence electrons. The quantitative estimate of drug-likeness (QED) is 0.158. The fourth-order valence-electron chi connectivity index (χ4n) is 8.21. The van der Waals surface area contributed by atoms with E-state index in [4.69, 9.17) is 21.1 Å². The van der Waals surface area contributed by atoms with Crippen molar-refractivity contribution in [1.82, 2.24) is 15.0 Å². The fraction of sp³-hybridized carbons (Fsp3) is 0.308. The molecule has 1 aromatic heterocycles. The van der Waals surface area contributed by atoms with Gasteiger partial charge in [-0.3, -0.25) is 14.4 Å². The lowest BCUT2D eigenvalue weighted by molar-refractivity contribution is -0.145. The number of carbonyl (C=O) groups is 1. The number of aryl methyl sites for hydroxylation is 1. The number of hydrogen-bond acceptors (Lipinski definition) is 6. The second-order valence-corrected chi connectivity index (χ2v) is 18.8. The highest BCUT2D eigenvalue weighted by Crippen LogP contribution is 2.61. The van der Waals surface area contributed by atoms with Crippen molar-refractivity contribution >= 4 is 42.1 Å². The van der Waals surface area contributed by atoms with E-state index in [1.54, 1.807) is 12.0 Å². The van der Waals surface area contributed by atoms with Gasteiger partial charge in [-0.2, -0.15) is 0 Å². The standard InChI is InChI=1S/C39H41ClN4O4Si/c1-26-37(49(3,4)31-18-16-30(47-2)17-19-31)36(21-22-43-24-34(41-42-43)32(25-45)27-11-7-5-8-12-27)48-39(26)33-23-28(40)15-20-35(33)44(38(39)46)29-13-9-6-10-14-29/h5-20,23-24,26,32,36-37,45H,21-22,25H2,1-4H3/t26-,32?,36+,37-,39+/m1/s1. The van der Waals surface area contributed by atoms with E-state index in [0.717, 1.165) is 28.3 Å². The van der Waals surface area contributed by atoms with Gasteiger partial charge in [-0.05, 0) is 60.0 Å². The van der Waals surface area contributed by atoms with E-state index in [0.29, 0.717) is 23.7 Å². The summed E-state index contributed by atoms with van der Waals surface area (Å²) in [5, 5.41) is 21.0. The maximum Gasteiger partial charge on any atom is 0.268 e. The fourth-order valence-corrected chi connectivity index (χ4v) is 12.4. The Labute approximate surface area is 293 Å². The molecule has 49 heavy (non-hydrogen) atoms. The molecule has 5 atom stereocenters. The maximum absolute atomic E-state index is 15.0. The molecule has 1 fully saturated rings. The van der Waals surface area contributed by atoms with Crippen LogP contribution in [0.2, 0.25) is 23.7 Å². The second kappa shape index (κ2) is 13.2. The van der Waals surface area contributed by atoms with Gasteiger partial charge in [-0.1, -0.05) is 103 Å². The van der Waals surface area contributed by atoms with Crippen molar-refractivity contribution in [3.05, 3.63) is 131 Å². The highest BCUT2D eigenvalue weighted by molar-refractivity contribution is 6.91. The Morgan fingerprint density at radius 1 is 1.00 bits per heavy atom. The average Bonchev–Trinajstić information content (AvgIpc) is 3.78. The average molecular weight is 693 g/mol. The first-order chi connectivity index (χ1) is 23.7. The number of ether oxygens (including phenoxy) is 2. The number of nitrogens with zero attached hydrogens (tertiary/aromatic N) is 4. The van der Waals surface area contributed by atoms with Gasteiger partial charge in [-0.25, -0.2) is 0 Å². The van der Waals surface area contributed by atoms with E-state index in [2.05, 4.69) is 42.5 Å². The van der Waals surface area contributed by atoms with Crippen LogP contribution in [-0.4, -0.2) is 53.9 Å². The number of aromatic nitrogens is 3. The molecule has 0 aliphatic carbocycles. The highest BCUT2D eigenvalue weighted by atomic mass is 35.5. The van der Waals surface area contributed by atoms with E-state index in [1.807, 2.05) is 102 Å². The molecule has 1 amide bonds. The molecular formula is C39H41ClN4O4Si. The number of rotatable bonds is 10. The Morgan fingerprint density at radius 2 is 1.69 bits per heavy atom. The molecule has 2 aliphatic heterocycles. The maximum atomic E-state index is 15.0. The number of aliphatic hydroxyl groups is 1. The number of halogens is 1. The minimum Gasteiger partial charge on any atom is -0.497 e. The van der Waals surface area contributed by atoms with Gasteiger partial charge in [0, 0.05) is 34.9 Å². The smallest absolute Gasteiger partial charge is 0.268 e. The first-order valence-corrected chi connectivity index (χ1v) is 20.2. The zero-order chi connectivity index (χ0) is 34.3. The molecule has 7 rings (SSSR count). The molecule has 1 N–H and O–H groups in total. The molecule has 0 bridgehead atoms. The number of para-hydroxylation sites is 1. The van der Waals surface area contributed by atoms with Gasteiger partial charge < -0.3 is 14.6 Å². The van der Waals surface area contributed by atoms with Crippen LogP contribution in [0.4, 0.5) is 11.4 Å². The highest BCUT2D eigenvalue weighted by Gasteiger charge is 2.66. The Bertz CT molecular complexity index is 1940. The summed E-state index contributed by atoms with van der Waals surface area (Å²) in [6.45, 7) is 7.39. The predicted octanol–water partition coefficient (Wildman–Crippen LogP) is 7.05. The van der Waals surface area contributed by atoms with E-state index in [1.165, 1.54) is 5.19 Å². The van der Waals surface area contributed by atoms with Crippen LogP contribution < -0.4 is 14.8 Å². The summed E-state index contributed by atoms with van der Waals surface area (Å²) < 4.78 is 14.6. The Kier molecular flexibility index (Phi) is 8.96. The molecule has 1 unspecified atom stereocenters. The van der Waals surface area contributed by atoms with Gasteiger partial charge in [-0.15, -0.1) is 5.10 Å². The molecule has 0 radical (unpaired) electrons. The van der Waals surface area contributed by atoms with Crippen molar-refractivity contribution < 1.29 is 19.4 Å². The van der Waals surface area contributed by atoms with E-state index in [9.17, 15) is 9.90 Å². The molecule has 3 heterocycles. The van der Waals surface area contributed by atoms with Crippen molar-refractivity contribution in [2.45, 2.75) is 56.1 Å². The Morgan fingerprint density at radius 3 is 2.37 bits per heavy atom. The van der Waals surface area contributed by atoms with Crippen molar-refractivity contribution in [3.63, 3.8) is 0 Å². The minimum absolute atomic E-state index is 0.0601. The SMILES string of the molecule is COc1ccc([Si](C)(C)[C@H]2[C@H](CCn3cc(C(CO)c4ccccc4)nn3)O[C@@]3(C(=O)N(c4ccccc4)c4ccc(Cl)cc43)[C@@H]2C)cc1. The summed E-state index contributed by atoms with van der Waals surface area (Å²) in [6.07, 6.45) is 2.27. The molecule has 1 spiro atoms. The Hall–Kier alpha value is -4.28. The van der Waals surface area contributed by atoms with Crippen molar-refractivity contribution in [3.8, 4) is 5.75 Å². The predicted molar refractivity (Wildman–Crippen MR) is 195 cm³/mol. The third-order valence-electron chi connectivity index (χ3n) is 10.7. The van der Waals surface area contributed by atoms with Crippen LogP contribution in [0.25, 0.3) is 0 Å². The molecular weight excluding hydrogens is 652 g/mol. The number of benzene rings is 4. The number of fused-ring (bicyclic) bond motifs is 2. The summed E-state index contributed by atoms with van der Waals surface area (Å²) >= 11 is 6.66. The molecule has 4 aromatic carbocycles. The number of carbonyl (C=O) groups excluding carboxylic acids is 1. The van der Waals surface area contributed by atoms with Crippen LogP contribution in [0, 0.1) is 5.92 Å². The zero-order valence-corrected chi connectivity index (χ0v) is 29.9. The Balaban J connectivity index is 1.27. The van der Waals surface area contributed by atoms with Crippen LogP contribution in [0.5, 0.6) is 5.75 Å². The zero-order valence-electron chi connectivity index (χ0n) is 28.2. The molecule has 2 aliphatic rings. The molecule has 5 aromatic rings. The normalized spacial score (nSPS) is 22.4. The third-order valence-corrected chi connectivity index (χ3v) is 15.3. The van der Waals surface area contributed by atoms with Crippen molar-refractivity contribution in [2.24, 2.45) is 5.92 Å². The molecule has 1 saturated heterocycles. The number of aliphatic hydroxyl groups excluding tert-OH is 1. The topological polar surface area (TPSA) is 89.7 Å². The summed E-state index contributed by atoms with van der Waals surface area (Å²) in [4.78, 5) is 16.8. The molecule has 10 heteroatoms. The van der Waals surface area contributed by atoms with Crippen LogP contribution in [0.15, 0.2) is 109 Å². The van der Waals surface area contributed by atoms with E-state index < -0.39 is 13.7 Å². The van der Waals surface area contributed by atoms with Crippen LogP contribution in [-0.2, 0) is 21.7 Å². The number of amides is 1. The van der Waals surface area contributed by atoms with Gasteiger partial charge in [0.1, 0.15) is 5.75 Å². The van der Waals surface area contributed by atoms with E-state index in [-0.39, 0.29) is 36.0 Å². The van der Waals surface area contributed by atoms with Crippen molar-refractivity contribution in [1.29, 1.82) is 0 Å². The largest absolute Gasteiger partial charge is 0.497 e. The second-order valence-electron chi connectivity index (χ2n) is 13.6. The lowest BCUT2D eigenvalue weighted by Gasteiger charge is -2.37. The lowest BCUT2D eigenvalue weighted by atomic mass is 9.82. The first-order valence-electron chi connectivity index (χ1n) is 16.8. The summed E-state index contributed by atoms with van der Waals surface area (Å²) in [5.41, 5.74) is 2.94.